The van der Waals surface area contributed by atoms with E-state index < -0.39 is 0 Å². The zero-order chi connectivity index (χ0) is 15.1. The van der Waals surface area contributed by atoms with Crippen molar-refractivity contribution in [3.63, 3.8) is 0 Å². The van der Waals surface area contributed by atoms with Gasteiger partial charge in [0.25, 0.3) is 0 Å². The monoisotopic (exact) mass is 302 g/mol. The summed E-state index contributed by atoms with van der Waals surface area (Å²) in [4.78, 5) is 11.8. The van der Waals surface area contributed by atoms with Crippen LogP contribution in [0.4, 0.5) is 5.69 Å². The number of halogens is 1. The first kappa shape index (κ1) is 15.5. The van der Waals surface area contributed by atoms with Gasteiger partial charge in [0.15, 0.2) is 0 Å². The van der Waals surface area contributed by atoms with Gasteiger partial charge in [-0.15, -0.1) is 0 Å². The molecule has 0 aliphatic heterocycles. The van der Waals surface area contributed by atoms with Crippen molar-refractivity contribution in [2.45, 2.75) is 19.9 Å². The maximum absolute atomic E-state index is 11.8. The summed E-state index contributed by atoms with van der Waals surface area (Å²) >= 11 is 6.00. The lowest BCUT2D eigenvalue weighted by Crippen LogP contribution is -2.21. The predicted molar refractivity (Wildman–Crippen MR) is 87.6 cm³/mol. The Hall–Kier alpha value is -1.84. The molecule has 0 unspecified atom stereocenters. The molecule has 4 heteroatoms. The molecule has 0 bridgehead atoms. The average Bonchev–Trinajstić information content (AvgIpc) is 2.48. The highest BCUT2D eigenvalue weighted by molar-refractivity contribution is 6.33. The highest BCUT2D eigenvalue weighted by Gasteiger charge is 2.05. The molecule has 0 spiro atoms. The molecular formula is C17H19ClN2O. The van der Waals surface area contributed by atoms with Gasteiger partial charge in [0, 0.05) is 19.5 Å². The van der Waals surface area contributed by atoms with Crippen molar-refractivity contribution in [3.05, 3.63) is 64.7 Å². The molecule has 0 saturated carbocycles. The van der Waals surface area contributed by atoms with Gasteiger partial charge in [0.05, 0.1) is 10.7 Å². The van der Waals surface area contributed by atoms with Crippen LogP contribution in [0.2, 0.25) is 5.02 Å². The Bertz CT molecular complexity index is 613. The summed E-state index contributed by atoms with van der Waals surface area (Å²) in [6, 6.07) is 15.4. The lowest BCUT2D eigenvalue weighted by atomic mass is 10.1. The van der Waals surface area contributed by atoms with E-state index in [1.807, 2.05) is 24.3 Å². The Morgan fingerprint density at radius 3 is 2.57 bits per heavy atom. The first-order valence-corrected chi connectivity index (χ1v) is 7.34. The number of carbonyl (C=O) groups is 1. The van der Waals surface area contributed by atoms with Gasteiger partial charge in [-0.05, 0) is 30.2 Å². The molecule has 2 aromatic rings. The molecule has 2 N–H and O–H groups in total. The van der Waals surface area contributed by atoms with Crippen molar-refractivity contribution < 1.29 is 4.79 Å². The van der Waals surface area contributed by atoms with Crippen LogP contribution in [-0.2, 0) is 11.3 Å². The third-order valence-electron chi connectivity index (χ3n) is 3.25. The lowest BCUT2D eigenvalue weighted by molar-refractivity contribution is -0.116. The van der Waals surface area contributed by atoms with Crippen molar-refractivity contribution >= 4 is 23.2 Å². The summed E-state index contributed by atoms with van der Waals surface area (Å²) < 4.78 is 0. The van der Waals surface area contributed by atoms with Gasteiger partial charge in [-0.2, -0.15) is 0 Å². The molecule has 0 aromatic heterocycles. The number of amides is 1. The largest absolute Gasteiger partial charge is 0.325 e. The van der Waals surface area contributed by atoms with E-state index in [0.29, 0.717) is 23.7 Å². The fourth-order valence-electron chi connectivity index (χ4n) is 2.01. The summed E-state index contributed by atoms with van der Waals surface area (Å²) in [6.07, 6.45) is 0.414. The summed E-state index contributed by atoms with van der Waals surface area (Å²) in [6.45, 7) is 3.48. The zero-order valence-electron chi connectivity index (χ0n) is 12.0. The average molecular weight is 303 g/mol. The molecule has 110 valence electrons. The van der Waals surface area contributed by atoms with Crippen LogP contribution in [0.1, 0.15) is 17.5 Å². The minimum absolute atomic E-state index is 0.0413. The molecule has 0 heterocycles. The van der Waals surface area contributed by atoms with Crippen LogP contribution in [0.15, 0.2) is 48.5 Å². The SMILES string of the molecule is Cc1ccccc1CNCCC(=O)Nc1ccccc1Cl. The molecule has 1 amide bonds. The second-order valence-corrected chi connectivity index (χ2v) is 5.29. The maximum Gasteiger partial charge on any atom is 0.225 e. The smallest absolute Gasteiger partial charge is 0.225 e. The highest BCUT2D eigenvalue weighted by Crippen LogP contribution is 2.20. The van der Waals surface area contributed by atoms with E-state index in [4.69, 9.17) is 11.6 Å². The van der Waals surface area contributed by atoms with E-state index in [9.17, 15) is 4.79 Å². The van der Waals surface area contributed by atoms with Crippen LogP contribution in [0.5, 0.6) is 0 Å². The Labute approximate surface area is 130 Å². The van der Waals surface area contributed by atoms with Crippen LogP contribution in [0.25, 0.3) is 0 Å². The lowest BCUT2D eigenvalue weighted by Gasteiger charge is -2.09. The van der Waals surface area contributed by atoms with Gasteiger partial charge in [-0.1, -0.05) is 48.0 Å². The van der Waals surface area contributed by atoms with Gasteiger partial charge in [-0.3, -0.25) is 4.79 Å². The summed E-state index contributed by atoms with van der Waals surface area (Å²) in [5, 5.41) is 6.64. The molecule has 0 atom stereocenters. The van der Waals surface area contributed by atoms with E-state index in [2.05, 4.69) is 29.7 Å². The van der Waals surface area contributed by atoms with Crippen molar-refractivity contribution in [2.75, 3.05) is 11.9 Å². The molecule has 2 rings (SSSR count). The second kappa shape index (κ2) is 7.81. The van der Waals surface area contributed by atoms with Crippen LogP contribution in [-0.4, -0.2) is 12.5 Å². The quantitative estimate of drug-likeness (QED) is 0.798. The van der Waals surface area contributed by atoms with E-state index in [1.54, 1.807) is 12.1 Å². The molecule has 2 aromatic carbocycles. The molecule has 3 nitrogen and oxygen atoms in total. The van der Waals surface area contributed by atoms with Crippen molar-refractivity contribution in [1.82, 2.24) is 5.32 Å². The highest BCUT2D eigenvalue weighted by atomic mass is 35.5. The Kier molecular flexibility index (Phi) is 5.78. The first-order chi connectivity index (χ1) is 10.2. The van der Waals surface area contributed by atoms with E-state index >= 15 is 0 Å². The van der Waals surface area contributed by atoms with Crippen LogP contribution >= 0.6 is 11.6 Å². The first-order valence-electron chi connectivity index (χ1n) is 6.96. The van der Waals surface area contributed by atoms with Gasteiger partial charge >= 0.3 is 0 Å². The topological polar surface area (TPSA) is 41.1 Å². The number of benzene rings is 2. The number of anilines is 1. The molecule has 0 saturated heterocycles. The number of para-hydroxylation sites is 1. The van der Waals surface area contributed by atoms with Crippen molar-refractivity contribution in [1.29, 1.82) is 0 Å². The van der Waals surface area contributed by atoms with Gasteiger partial charge in [-0.25, -0.2) is 0 Å². The minimum atomic E-state index is -0.0413. The summed E-state index contributed by atoms with van der Waals surface area (Å²) in [5.74, 6) is -0.0413. The standard InChI is InChI=1S/C17H19ClN2O/c1-13-6-2-3-7-14(13)12-19-11-10-17(21)20-16-9-5-4-8-15(16)18/h2-9,19H,10-12H2,1H3,(H,20,21). The van der Waals surface area contributed by atoms with Crippen molar-refractivity contribution in [2.24, 2.45) is 0 Å². The minimum Gasteiger partial charge on any atom is -0.325 e. The molecule has 0 radical (unpaired) electrons. The number of carbonyl (C=O) groups excluding carboxylic acids is 1. The van der Waals surface area contributed by atoms with Crippen LogP contribution < -0.4 is 10.6 Å². The van der Waals surface area contributed by atoms with E-state index in [0.717, 1.165) is 6.54 Å². The number of hydrogen-bond acceptors (Lipinski definition) is 2. The van der Waals surface area contributed by atoms with E-state index in [-0.39, 0.29) is 5.91 Å². The molecule has 0 fully saturated rings. The predicted octanol–water partition coefficient (Wildman–Crippen LogP) is 3.77. The molecule has 0 aliphatic carbocycles. The number of rotatable bonds is 6. The van der Waals surface area contributed by atoms with Gasteiger partial charge < -0.3 is 10.6 Å². The van der Waals surface area contributed by atoms with Gasteiger partial charge in [0.2, 0.25) is 5.91 Å². The van der Waals surface area contributed by atoms with E-state index in [1.165, 1.54) is 11.1 Å². The molecule has 21 heavy (non-hydrogen) atoms. The summed E-state index contributed by atoms with van der Waals surface area (Å²) in [7, 11) is 0. The Morgan fingerprint density at radius 1 is 1.10 bits per heavy atom. The fourth-order valence-corrected chi connectivity index (χ4v) is 2.19. The zero-order valence-corrected chi connectivity index (χ0v) is 12.8. The second-order valence-electron chi connectivity index (χ2n) is 4.88. The van der Waals surface area contributed by atoms with Crippen LogP contribution in [0.3, 0.4) is 0 Å². The number of hydrogen-bond donors (Lipinski definition) is 2. The fraction of sp³-hybridized carbons (Fsp3) is 0.235. The molecular weight excluding hydrogens is 284 g/mol. The van der Waals surface area contributed by atoms with Crippen molar-refractivity contribution in [3.8, 4) is 0 Å². The number of nitrogens with one attached hydrogen (secondary N) is 2. The third kappa shape index (κ3) is 4.88. The third-order valence-corrected chi connectivity index (χ3v) is 3.58. The maximum atomic E-state index is 11.8. The Morgan fingerprint density at radius 2 is 1.81 bits per heavy atom. The van der Waals surface area contributed by atoms with Gasteiger partial charge in [0.1, 0.15) is 0 Å². The summed E-state index contributed by atoms with van der Waals surface area (Å²) in [5.41, 5.74) is 3.16. The number of aryl methyl sites for hydroxylation is 1. The van der Waals surface area contributed by atoms with Crippen LogP contribution in [0, 0.1) is 6.92 Å². The Balaban J connectivity index is 1.73. The normalized spacial score (nSPS) is 10.4. The molecule has 0 aliphatic rings.